The topological polar surface area (TPSA) is 21.3 Å². The van der Waals surface area contributed by atoms with Gasteiger partial charge in [-0.2, -0.15) is 0 Å². The zero-order valence-corrected chi connectivity index (χ0v) is 8.89. The van der Waals surface area contributed by atoms with Crippen LogP contribution in [0, 0.1) is 5.92 Å². The van der Waals surface area contributed by atoms with Crippen molar-refractivity contribution in [2.75, 3.05) is 19.8 Å². The number of hydrogen-bond acceptors (Lipinski definition) is 2. The van der Waals surface area contributed by atoms with E-state index in [0.717, 1.165) is 26.2 Å². The molecule has 0 aliphatic rings. The third-order valence-electron chi connectivity index (χ3n) is 1.92. The van der Waals surface area contributed by atoms with E-state index in [-0.39, 0.29) is 0 Å². The highest BCUT2D eigenvalue weighted by molar-refractivity contribution is 4.68. The van der Waals surface area contributed by atoms with Gasteiger partial charge in [0.1, 0.15) is 0 Å². The largest absolute Gasteiger partial charge is 0.380 e. The molecule has 0 aromatic heterocycles. The van der Waals surface area contributed by atoms with E-state index in [9.17, 15) is 0 Å². The van der Waals surface area contributed by atoms with Crippen molar-refractivity contribution in [3.05, 3.63) is 0 Å². The van der Waals surface area contributed by atoms with E-state index in [1.807, 2.05) is 0 Å². The Labute approximate surface area is 76.7 Å². The Balaban J connectivity index is 3.49. The number of rotatable bonds is 7. The zero-order valence-electron chi connectivity index (χ0n) is 8.89. The van der Waals surface area contributed by atoms with Crippen LogP contribution in [0.5, 0.6) is 0 Å². The highest BCUT2D eigenvalue weighted by atomic mass is 16.5. The molecule has 0 fully saturated rings. The van der Waals surface area contributed by atoms with Crippen LogP contribution in [0.15, 0.2) is 0 Å². The van der Waals surface area contributed by atoms with Crippen molar-refractivity contribution in [1.29, 1.82) is 0 Å². The van der Waals surface area contributed by atoms with Gasteiger partial charge in [0.05, 0.1) is 6.61 Å². The van der Waals surface area contributed by atoms with Crippen molar-refractivity contribution in [1.82, 2.24) is 5.32 Å². The van der Waals surface area contributed by atoms with Crippen molar-refractivity contribution in [3.63, 3.8) is 0 Å². The highest BCUT2D eigenvalue weighted by Crippen LogP contribution is 2.01. The van der Waals surface area contributed by atoms with E-state index in [1.165, 1.54) is 0 Å². The van der Waals surface area contributed by atoms with Crippen molar-refractivity contribution in [2.45, 2.75) is 40.2 Å². The minimum absolute atomic E-state index is 0.515. The van der Waals surface area contributed by atoms with Crippen LogP contribution in [0.3, 0.4) is 0 Å². The maximum absolute atomic E-state index is 5.50. The van der Waals surface area contributed by atoms with Crippen LogP contribution >= 0.6 is 0 Å². The molecule has 0 saturated carbocycles. The second-order valence-corrected chi connectivity index (χ2v) is 3.48. The molecule has 2 heteroatoms. The number of nitrogens with one attached hydrogen (secondary N) is 1. The Bertz CT molecular complexity index is 93.8. The lowest BCUT2D eigenvalue weighted by Crippen LogP contribution is -2.37. The predicted octanol–water partition coefficient (Wildman–Crippen LogP) is 2.05. The van der Waals surface area contributed by atoms with E-state index in [1.54, 1.807) is 0 Å². The van der Waals surface area contributed by atoms with Gasteiger partial charge in [0.15, 0.2) is 0 Å². The number of hydrogen-bond donors (Lipinski definition) is 1. The van der Waals surface area contributed by atoms with E-state index in [0.29, 0.717) is 12.0 Å². The molecule has 74 valence electrons. The minimum Gasteiger partial charge on any atom is -0.380 e. The van der Waals surface area contributed by atoms with Gasteiger partial charge in [-0.05, 0) is 18.9 Å². The summed E-state index contributed by atoms with van der Waals surface area (Å²) < 4.78 is 5.50. The summed E-state index contributed by atoms with van der Waals surface area (Å²) in [5, 5.41) is 3.42. The van der Waals surface area contributed by atoms with Gasteiger partial charge in [-0.3, -0.25) is 0 Å². The molecule has 1 unspecified atom stereocenters. The van der Waals surface area contributed by atoms with Gasteiger partial charge < -0.3 is 10.1 Å². The van der Waals surface area contributed by atoms with Crippen LogP contribution < -0.4 is 5.32 Å². The van der Waals surface area contributed by atoms with Gasteiger partial charge in [0.25, 0.3) is 0 Å². The Hall–Kier alpha value is -0.0800. The first-order valence-corrected chi connectivity index (χ1v) is 5.03. The molecule has 2 nitrogen and oxygen atoms in total. The van der Waals surface area contributed by atoms with Gasteiger partial charge in [0, 0.05) is 12.6 Å². The summed E-state index contributed by atoms with van der Waals surface area (Å²) in [5.74, 6) is 0.654. The van der Waals surface area contributed by atoms with Gasteiger partial charge in [-0.1, -0.05) is 27.7 Å². The molecule has 1 atom stereocenters. The third kappa shape index (κ3) is 5.56. The van der Waals surface area contributed by atoms with Crippen molar-refractivity contribution >= 4 is 0 Å². The first-order chi connectivity index (χ1) is 5.72. The monoisotopic (exact) mass is 173 g/mol. The average molecular weight is 173 g/mol. The normalized spacial score (nSPS) is 13.8. The highest BCUT2D eigenvalue weighted by Gasteiger charge is 2.10. The molecule has 0 saturated heterocycles. The van der Waals surface area contributed by atoms with Crippen LogP contribution in [0.25, 0.3) is 0 Å². The molecule has 12 heavy (non-hydrogen) atoms. The summed E-state index contributed by atoms with van der Waals surface area (Å²) in [5.41, 5.74) is 0. The van der Waals surface area contributed by atoms with Gasteiger partial charge in [-0.25, -0.2) is 0 Å². The number of ether oxygens (including phenoxy) is 1. The second-order valence-electron chi connectivity index (χ2n) is 3.48. The molecule has 0 radical (unpaired) electrons. The van der Waals surface area contributed by atoms with E-state index >= 15 is 0 Å². The standard InChI is InChI=1S/C10H23NO/c1-5-7-12-8-10(9(3)4)11-6-2/h9-11H,5-8H2,1-4H3. The van der Waals surface area contributed by atoms with E-state index in [2.05, 4.69) is 33.0 Å². The quantitative estimate of drug-likeness (QED) is 0.595. The molecule has 0 heterocycles. The maximum atomic E-state index is 5.50. The van der Waals surface area contributed by atoms with Gasteiger partial charge >= 0.3 is 0 Å². The molecule has 0 aromatic carbocycles. The van der Waals surface area contributed by atoms with Crippen LogP contribution in [0.2, 0.25) is 0 Å². The van der Waals surface area contributed by atoms with Crippen LogP contribution in [-0.2, 0) is 4.74 Å². The molecule has 0 spiro atoms. The fraction of sp³-hybridized carbons (Fsp3) is 1.00. The fourth-order valence-electron chi connectivity index (χ4n) is 1.10. The Morgan fingerprint density at radius 1 is 1.25 bits per heavy atom. The van der Waals surface area contributed by atoms with Crippen LogP contribution in [-0.4, -0.2) is 25.8 Å². The van der Waals surface area contributed by atoms with Gasteiger partial charge in [0.2, 0.25) is 0 Å². The van der Waals surface area contributed by atoms with Gasteiger partial charge in [-0.15, -0.1) is 0 Å². The van der Waals surface area contributed by atoms with Crippen LogP contribution in [0.4, 0.5) is 0 Å². The summed E-state index contributed by atoms with van der Waals surface area (Å²) in [6.07, 6.45) is 1.11. The molecule has 0 aliphatic carbocycles. The minimum atomic E-state index is 0.515. The Kier molecular flexibility index (Phi) is 7.51. The van der Waals surface area contributed by atoms with Crippen molar-refractivity contribution in [2.24, 2.45) is 5.92 Å². The summed E-state index contributed by atoms with van der Waals surface area (Å²) in [6, 6.07) is 0.515. The van der Waals surface area contributed by atoms with Crippen LogP contribution in [0.1, 0.15) is 34.1 Å². The van der Waals surface area contributed by atoms with E-state index < -0.39 is 0 Å². The van der Waals surface area contributed by atoms with Crippen molar-refractivity contribution in [3.8, 4) is 0 Å². The summed E-state index contributed by atoms with van der Waals surface area (Å²) in [7, 11) is 0. The Morgan fingerprint density at radius 2 is 1.92 bits per heavy atom. The number of likely N-dealkylation sites (N-methyl/N-ethyl adjacent to an activating group) is 1. The Morgan fingerprint density at radius 3 is 2.33 bits per heavy atom. The second kappa shape index (κ2) is 7.56. The molecule has 0 amide bonds. The summed E-state index contributed by atoms with van der Waals surface area (Å²) in [4.78, 5) is 0. The smallest absolute Gasteiger partial charge is 0.0622 e. The van der Waals surface area contributed by atoms with E-state index in [4.69, 9.17) is 4.74 Å². The predicted molar refractivity (Wildman–Crippen MR) is 53.4 cm³/mol. The molecular formula is C10H23NO. The lowest BCUT2D eigenvalue weighted by molar-refractivity contribution is 0.0991. The molecule has 0 rings (SSSR count). The molecular weight excluding hydrogens is 150 g/mol. The average Bonchev–Trinajstić information content (AvgIpc) is 2.03. The molecule has 1 N–H and O–H groups in total. The van der Waals surface area contributed by atoms with Crippen molar-refractivity contribution < 1.29 is 4.74 Å². The summed E-state index contributed by atoms with van der Waals surface area (Å²) in [6.45, 7) is 11.5. The fourth-order valence-corrected chi connectivity index (χ4v) is 1.10. The molecule has 0 aliphatic heterocycles. The first kappa shape index (κ1) is 11.9. The third-order valence-corrected chi connectivity index (χ3v) is 1.92. The SMILES string of the molecule is CCCOCC(NCC)C(C)C. The lowest BCUT2D eigenvalue weighted by atomic mass is 10.1. The molecule has 0 aromatic rings. The molecule has 0 bridgehead atoms. The first-order valence-electron chi connectivity index (χ1n) is 5.03. The zero-order chi connectivity index (χ0) is 9.40. The summed E-state index contributed by atoms with van der Waals surface area (Å²) >= 11 is 0. The lowest BCUT2D eigenvalue weighted by Gasteiger charge is -2.21. The maximum Gasteiger partial charge on any atom is 0.0622 e.